The molecular formula is C24H23N3O2S. The Morgan fingerprint density at radius 2 is 1.43 bits per heavy atom. The summed E-state index contributed by atoms with van der Waals surface area (Å²) in [5.41, 5.74) is 4.21. The van der Waals surface area contributed by atoms with Crippen LogP contribution in [0.15, 0.2) is 102 Å². The average Bonchev–Trinajstić information content (AvgIpc) is 3.22. The third-order valence-electron chi connectivity index (χ3n) is 4.94. The molecule has 4 rings (SSSR count). The van der Waals surface area contributed by atoms with Crippen LogP contribution in [-0.4, -0.2) is 24.5 Å². The highest BCUT2D eigenvalue weighted by atomic mass is 32.2. The fourth-order valence-electron chi connectivity index (χ4n) is 3.33. The summed E-state index contributed by atoms with van der Waals surface area (Å²) in [6, 6.07) is 26.9. The molecule has 0 atom stereocenters. The van der Waals surface area contributed by atoms with Gasteiger partial charge >= 0.3 is 0 Å². The molecule has 1 N–H and O–H groups in total. The van der Waals surface area contributed by atoms with Crippen LogP contribution in [0.25, 0.3) is 11.1 Å². The maximum Gasteiger partial charge on any atom is 0.240 e. The van der Waals surface area contributed by atoms with E-state index in [-0.39, 0.29) is 4.90 Å². The number of nitrogens with zero attached hydrogens (tertiary/aromatic N) is 2. The molecule has 152 valence electrons. The fraction of sp³-hybridized carbons (Fsp3) is 0.125. The Morgan fingerprint density at radius 3 is 2.13 bits per heavy atom. The van der Waals surface area contributed by atoms with E-state index >= 15 is 0 Å². The molecule has 0 saturated carbocycles. The van der Waals surface area contributed by atoms with Gasteiger partial charge in [-0.05, 0) is 28.8 Å². The second kappa shape index (κ2) is 9.07. The van der Waals surface area contributed by atoms with E-state index in [9.17, 15) is 8.42 Å². The average molecular weight is 418 g/mol. The second-order valence-electron chi connectivity index (χ2n) is 7.04. The van der Waals surface area contributed by atoms with Crippen LogP contribution in [0.4, 0.5) is 0 Å². The largest absolute Gasteiger partial charge is 0.330 e. The number of nitrogens with one attached hydrogen (secondary N) is 1. The molecule has 30 heavy (non-hydrogen) atoms. The van der Waals surface area contributed by atoms with E-state index in [0.717, 1.165) is 16.8 Å². The van der Waals surface area contributed by atoms with Crippen LogP contribution >= 0.6 is 0 Å². The summed E-state index contributed by atoms with van der Waals surface area (Å²) in [4.78, 5) is 4.48. The Kier molecular flexibility index (Phi) is 6.07. The zero-order chi connectivity index (χ0) is 20.8. The van der Waals surface area contributed by atoms with Gasteiger partial charge in [-0.3, -0.25) is 0 Å². The van der Waals surface area contributed by atoms with Gasteiger partial charge in [0.2, 0.25) is 10.0 Å². The van der Waals surface area contributed by atoms with Gasteiger partial charge in [-0.15, -0.1) is 0 Å². The molecular weight excluding hydrogens is 394 g/mol. The van der Waals surface area contributed by atoms with Crippen LogP contribution in [-0.2, 0) is 23.0 Å². The summed E-state index contributed by atoms with van der Waals surface area (Å²) in [6.07, 6.45) is 4.12. The number of hydrogen-bond acceptors (Lipinski definition) is 3. The molecule has 3 aromatic carbocycles. The molecule has 0 amide bonds. The lowest BCUT2D eigenvalue weighted by Crippen LogP contribution is -2.26. The molecule has 0 aliphatic carbocycles. The van der Waals surface area contributed by atoms with Crippen molar-refractivity contribution in [1.29, 1.82) is 0 Å². The van der Waals surface area contributed by atoms with Crippen molar-refractivity contribution in [3.63, 3.8) is 0 Å². The number of aromatic nitrogens is 2. The van der Waals surface area contributed by atoms with Gasteiger partial charge in [0.1, 0.15) is 0 Å². The predicted molar refractivity (Wildman–Crippen MR) is 119 cm³/mol. The second-order valence-corrected chi connectivity index (χ2v) is 8.80. The Bertz CT molecular complexity index is 1190. The third-order valence-corrected chi connectivity index (χ3v) is 6.42. The zero-order valence-corrected chi connectivity index (χ0v) is 17.3. The number of hydrogen-bond donors (Lipinski definition) is 1. The summed E-state index contributed by atoms with van der Waals surface area (Å²) in [6.45, 7) is 1.02. The lowest BCUT2D eigenvalue weighted by Gasteiger charge is -2.10. The van der Waals surface area contributed by atoms with Crippen LogP contribution in [0.1, 0.15) is 11.3 Å². The van der Waals surface area contributed by atoms with Gasteiger partial charge in [-0.2, -0.15) is 0 Å². The Balaban J connectivity index is 1.38. The van der Waals surface area contributed by atoms with Gasteiger partial charge in [0.05, 0.1) is 11.2 Å². The number of imidazole rings is 1. The summed E-state index contributed by atoms with van der Waals surface area (Å²) >= 11 is 0. The highest BCUT2D eigenvalue weighted by Crippen LogP contribution is 2.21. The summed E-state index contributed by atoms with van der Waals surface area (Å²) in [5.74, 6) is 0. The molecule has 4 aromatic rings. The molecule has 0 radical (unpaired) electrons. The van der Waals surface area contributed by atoms with Crippen molar-refractivity contribution in [1.82, 2.24) is 14.3 Å². The molecule has 1 aromatic heterocycles. The van der Waals surface area contributed by atoms with E-state index in [1.54, 1.807) is 24.7 Å². The minimum Gasteiger partial charge on any atom is -0.330 e. The van der Waals surface area contributed by atoms with E-state index < -0.39 is 10.0 Å². The van der Waals surface area contributed by atoms with Crippen molar-refractivity contribution in [2.24, 2.45) is 0 Å². The van der Waals surface area contributed by atoms with Crippen molar-refractivity contribution in [2.45, 2.75) is 17.9 Å². The van der Waals surface area contributed by atoms with E-state index in [4.69, 9.17) is 0 Å². The van der Waals surface area contributed by atoms with E-state index in [1.807, 2.05) is 65.2 Å². The fourth-order valence-corrected chi connectivity index (χ4v) is 4.36. The van der Waals surface area contributed by atoms with E-state index in [2.05, 4.69) is 21.8 Å². The first-order chi connectivity index (χ1) is 14.6. The first kappa shape index (κ1) is 20.1. The lowest BCUT2D eigenvalue weighted by molar-refractivity contribution is 0.580. The number of sulfonamides is 1. The zero-order valence-electron chi connectivity index (χ0n) is 16.5. The first-order valence-electron chi connectivity index (χ1n) is 9.80. The van der Waals surface area contributed by atoms with Gasteiger partial charge in [-0.1, -0.05) is 72.8 Å². The Morgan fingerprint density at radius 1 is 0.800 bits per heavy atom. The molecule has 0 spiro atoms. The maximum atomic E-state index is 12.7. The molecule has 0 aliphatic rings. The minimum absolute atomic E-state index is 0.264. The number of benzene rings is 3. The summed E-state index contributed by atoms with van der Waals surface area (Å²) in [5, 5.41) is 0. The van der Waals surface area contributed by atoms with Gasteiger partial charge in [-0.25, -0.2) is 18.1 Å². The SMILES string of the molecule is O=S(=O)(NCCc1cncn1Cc1ccccc1)c1ccc(-c2ccccc2)cc1. The topological polar surface area (TPSA) is 64.0 Å². The monoisotopic (exact) mass is 417 g/mol. The summed E-state index contributed by atoms with van der Waals surface area (Å²) < 4.78 is 30.0. The van der Waals surface area contributed by atoms with Gasteiger partial charge in [0.25, 0.3) is 0 Å². The smallest absolute Gasteiger partial charge is 0.240 e. The van der Waals surface area contributed by atoms with Crippen molar-refractivity contribution in [3.8, 4) is 11.1 Å². The molecule has 0 bridgehead atoms. The standard InChI is InChI=1S/C24H23N3O2S/c28-30(29,24-13-11-22(12-14-24)21-9-5-2-6-10-21)26-16-15-23-17-25-19-27(23)18-20-7-3-1-4-8-20/h1-14,17,19,26H,15-16,18H2. The van der Waals surface area contributed by atoms with Crippen LogP contribution in [0.3, 0.4) is 0 Å². The van der Waals surface area contributed by atoms with Gasteiger partial charge < -0.3 is 4.57 Å². The molecule has 5 nitrogen and oxygen atoms in total. The van der Waals surface area contributed by atoms with E-state index in [0.29, 0.717) is 19.5 Å². The maximum absolute atomic E-state index is 12.7. The summed E-state index contributed by atoms with van der Waals surface area (Å²) in [7, 11) is -3.56. The molecule has 1 heterocycles. The van der Waals surface area contributed by atoms with Crippen molar-refractivity contribution < 1.29 is 8.42 Å². The highest BCUT2D eigenvalue weighted by molar-refractivity contribution is 7.89. The van der Waals surface area contributed by atoms with Gasteiger partial charge in [0.15, 0.2) is 0 Å². The highest BCUT2D eigenvalue weighted by Gasteiger charge is 2.14. The van der Waals surface area contributed by atoms with Crippen LogP contribution in [0, 0.1) is 0 Å². The van der Waals surface area contributed by atoms with E-state index in [1.165, 1.54) is 5.56 Å². The molecule has 0 saturated heterocycles. The quantitative estimate of drug-likeness (QED) is 0.469. The number of rotatable bonds is 8. The van der Waals surface area contributed by atoms with Crippen molar-refractivity contribution in [2.75, 3.05) is 6.54 Å². The van der Waals surface area contributed by atoms with Crippen molar-refractivity contribution in [3.05, 3.63) is 109 Å². The van der Waals surface area contributed by atoms with Crippen molar-refractivity contribution >= 4 is 10.0 Å². The Labute approximate surface area is 177 Å². The molecule has 0 aliphatic heterocycles. The van der Waals surface area contributed by atoms with Crippen LogP contribution in [0.5, 0.6) is 0 Å². The Hall–Kier alpha value is -3.22. The molecule has 0 unspecified atom stereocenters. The first-order valence-corrected chi connectivity index (χ1v) is 11.3. The van der Waals surface area contributed by atoms with Gasteiger partial charge in [0, 0.05) is 31.4 Å². The third kappa shape index (κ3) is 4.84. The minimum atomic E-state index is -3.56. The molecule has 0 fully saturated rings. The van der Waals surface area contributed by atoms with Crippen LogP contribution < -0.4 is 4.72 Å². The van der Waals surface area contributed by atoms with Crippen LogP contribution in [0.2, 0.25) is 0 Å². The normalized spacial score (nSPS) is 11.5. The molecule has 6 heteroatoms. The lowest BCUT2D eigenvalue weighted by atomic mass is 10.1. The predicted octanol–water partition coefficient (Wildman–Crippen LogP) is 4.12.